The summed E-state index contributed by atoms with van der Waals surface area (Å²) in [4.78, 5) is 12.2. The zero-order valence-electron chi connectivity index (χ0n) is 14.8. The number of methoxy groups -OCH3 is 2. The molecule has 25 heavy (non-hydrogen) atoms. The number of ether oxygens (including phenoxy) is 3. The van der Waals surface area contributed by atoms with Crippen LogP contribution in [0.25, 0.3) is 0 Å². The molecule has 0 aliphatic heterocycles. The van der Waals surface area contributed by atoms with Crippen LogP contribution in [0.5, 0.6) is 17.2 Å². The Morgan fingerprint density at radius 1 is 1.04 bits per heavy atom. The van der Waals surface area contributed by atoms with Crippen LogP contribution in [0, 0.1) is 0 Å². The number of carbonyl (C=O) groups excluding carboxylic acids is 1. The monoisotopic (exact) mass is 342 g/mol. The van der Waals surface area contributed by atoms with E-state index >= 15 is 0 Å². The molecule has 2 aromatic carbocycles. The predicted octanol–water partition coefficient (Wildman–Crippen LogP) is 3.26. The number of nitrogens with one attached hydrogen (secondary N) is 1. The van der Waals surface area contributed by atoms with Gasteiger partial charge < -0.3 is 14.2 Å². The molecule has 132 valence electrons. The van der Waals surface area contributed by atoms with Crippen molar-refractivity contribution in [2.45, 2.75) is 13.8 Å². The van der Waals surface area contributed by atoms with Gasteiger partial charge in [-0.3, -0.25) is 4.79 Å². The van der Waals surface area contributed by atoms with Crippen molar-refractivity contribution in [1.29, 1.82) is 0 Å². The molecule has 2 rings (SSSR count). The Kier molecular flexibility index (Phi) is 6.39. The smallest absolute Gasteiger partial charge is 0.271 e. The summed E-state index contributed by atoms with van der Waals surface area (Å²) < 4.78 is 15.9. The van der Waals surface area contributed by atoms with E-state index in [1.165, 1.54) is 0 Å². The lowest BCUT2D eigenvalue weighted by molar-refractivity contribution is 0.0955. The van der Waals surface area contributed by atoms with Gasteiger partial charge in [-0.05, 0) is 50.2 Å². The first-order valence-electron chi connectivity index (χ1n) is 7.89. The van der Waals surface area contributed by atoms with E-state index in [0.29, 0.717) is 29.4 Å². The first-order chi connectivity index (χ1) is 12.1. The predicted molar refractivity (Wildman–Crippen MR) is 96.8 cm³/mol. The highest BCUT2D eigenvalue weighted by Gasteiger charge is 2.09. The molecule has 0 aromatic heterocycles. The zero-order valence-corrected chi connectivity index (χ0v) is 14.8. The van der Waals surface area contributed by atoms with Crippen LogP contribution in [0.1, 0.15) is 29.8 Å². The molecule has 0 saturated carbocycles. The first kappa shape index (κ1) is 18.3. The number of nitrogens with zero attached hydrogens (tertiary/aromatic N) is 1. The molecule has 0 unspecified atom stereocenters. The molecule has 0 heterocycles. The van der Waals surface area contributed by atoms with E-state index in [2.05, 4.69) is 10.5 Å². The van der Waals surface area contributed by atoms with Gasteiger partial charge in [0, 0.05) is 17.2 Å². The second-order valence-electron chi connectivity index (χ2n) is 5.16. The molecule has 1 N–H and O–H groups in total. The number of benzene rings is 2. The number of hydrazone groups is 1. The summed E-state index contributed by atoms with van der Waals surface area (Å²) in [6.07, 6.45) is 0. The summed E-state index contributed by atoms with van der Waals surface area (Å²) in [6.45, 7) is 4.28. The van der Waals surface area contributed by atoms with Gasteiger partial charge in [0.1, 0.15) is 17.2 Å². The maximum absolute atomic E-state index is 12.2. The Hall–Kier alpha value is -3.02. The fourth-order valence-corrected chi connectivity index (χ4v) is 2.23. The lowest BCUT2D eigenvalue weighted by Crippen LogP contribution is -2.19. The molecule has 0 saturated heterocycles. The molecule has 0 spiro atoms. The maximum Gasteiger partial charge on any atom is 0.271 e. The summed E-state index contributed by atoms with van der Waals surface area (Å²) in [5, 5.41) is 4.16. The molecule has 6 heteroatoms. The summed E-state index contributed by atoms with van der Waals surface area (Å²) in [7, 11) is 3.16. The van der Waals surface area contributed by atoms with Gasteiger partial charge in [-0.1, -0.05) is 0 Å². The Balaban J connectivity index is 2.11. The average molecular weight is 342 g/mol. The van der Waals surface area contributed by atoms with Gasteiger partial charge in [-0.25, -0.2) is 5.43 Å². The topological polar surface area (TPSA) is 69.2 Å². The second-order valence-corrected chi connectivity index (χ2v) is 5.16. The molecule has 0 aliphatic carbocycles. The van der Waals surface area contributed by atoms with Gasteiger partial charge >= 0.3 is 0 Å². The molecule has 2 aromatic rings. The van der Waals surface area contributed by atoms with Crippen molar-refractivity contribution in [2.75, 3.05) is 20.8 Å². The third-order valence-corrected chi connectivity index (χ3v) is 3.55. The van der Waals surface area contributed by atoms with Crippen molar-refractivity contribution in [2.24, 2.45) is 5.10 Å². The van der Waals surface area contributed by atoms with E-state index in [4.69, 9.17) is 14.2 Å². The highest BCUT2D eigenvalue weighted by atomic mass is 16.5. The van der Waals surface area contributed by atoms with Gasteiger partial charge in [0.2, 0.25) is 0 Å². The Labute approximate surface area is 147 Å². The second kappa shape index (κ2) is 8.73. The minimum Gasteiger partial charge on any atom is -0.497 e. The standard InChI is InChI=1S/C19H22N2O4/c1-5-25-15-8-6-14(7-9-15)19(22)21-20-13(2)17-11-10-16(23-3)12-18(17)24-4/h6-12H,5H2,1-4H3,(H,21,22)/b20-13-. The number of carbonyl (C=O) groups is 1. The van der Waals surface area contributed by atoms with Crippen LogP contribution in [-0.4, -0.2) is 32.4 Å². The number of rotatable bonds is 7. The average Bonchev–Trinajstić information content (AvgIpc) is 2.66. The van der Waals surface area contributed by atoms with Gasteiger partial charge in [0.05, 0.1) is 26.5 Å². The molecule has 0 fully saturated rings. The third-order valence-electron chi connectivity index (χ3n) is 3.55. The van der Waals surface area contributed by atoms with E-state index < -0.39 is 0 Å². The number of amides is 1. The maximum atomic E-state index is 12.2. The van der Waals surface area contributed by atoms with E-state index in [0.717, 1.165) is 11.3 Å². The van der Waals surface area contributed by atoms with E-state index in [1.807, 2.05) is 19.1 Å². The Bertz CT molecular complexity index is 755. The molecule has 0 atom stereocenters. The van der Waals surface area contributed by atoms with Crippen molar-refractivity contribution in [3.05, 3.63) is 53.6 Å². The van der Waals surface area contributed by atoms with Crippen LogP contribution in [0.3, 0.4) is 0 Å². The SMILES string of the molecule is CCOc1ccc(C(=O)N/N=C(/C)c2ccc(OC)cc2OC)cc1. The van der Waals surface area contributed by atoms with Gasteiger partial charge in [-0.2, -0.15) is 5.10 Å². The van der Waals surface area contributed by atoms with Crippen molar-refractivity contribution in [3.8, 4) is 17.2 Å². The van der Waals surface area contributed by atoms with E-state index in [1.54, 1.807) is 51.5 Å². The van der Waals surface area contributed by atoms with Crippen LogP contribution in [0.2, 0.25) is 0 Å². The zero-order chi connectivity index (χ0) is 18.2. The Morgan fingerprint density at radius 3 is 2.32 bits per heavy atom. The molecular weight excluding hydrogens is 320 g/mol. The summed E-state index contributed by atoms with van der Waals surface area (Å²) in [5.41, 5.74) is 4.45. The van der Waals surface area contributed by atoms with Crippen LogP contribution >= 0.6 is 0 Å². The largest absolute Gasteiger partial charge is 0.497 e. The number of hydrogen-bond donors (Lipinski definition) is 1. The van der Waals surface area contributed by atoms with Crippen LogP contribution in [0.4, 0.5) is 0 Å². The van der Waals surface area contributed by atoms with Crippen molar-refractivity contribution in [1.82, 2.24) is 5.43 Å². The normalized spacial score (nSPS) is 11.0. The summed E-state index contributed by atoms with van der Waals surface area (Å²) in [6, 6.07) is 12.3. The van der Waals surface area contributed by atoms with Crippen LogP contribution in [-0.2, 0) is 0 Å². The van der Waals surface area contributed by atoms with E-state index in [-0.39, 0.29) is 5.91 Å². The first-order valence-corrected chi connectivity index (χ1v) is 7.89. The lowest BCUT2D eigenvalue weighted by atomic mass is 10.1. The fourth-order valence-electron chi connectivity index (χ4n) is 2.23. The molecule has 6 nitrogen and oxygen atoms in total. The highest BCUT2D eigenvalue weighted by Crippen LogP contribution is 2.25. The molecule has 1 amide bonds. The highest BCUT2D eigenvalue weighted by molar-refractivity contribution is 6.02. The summed E-state index contributed by atoms with van der Waals surface area (Å²) >= 11 is 0. The van der Waals surface area contributed by atoms with Gasteiger partial charge in [0.25, 0.3) is 5.91 Å². The van der Waals surface area contributed by atoms with Gasteiger partial charge in [-0.15, -0.1) is 0 Å². The van der Waals surface area contributed by atoms with Crippen molar-refractivity contribution >= 4 is 11.6 Å². The molecular formula is C19H22N2O4. The van der Waals surface area contributed by atoms with Crippen LogP contribution < -0.4 is 19.6 Å². The third kappa shape index (κ3) is 4.73. The van der Waals surface area contributed by atoms with E-state index in [9.17, 15) is 4.79 Å². The van der Waals surface area contributed by atoms with Gasteiger partial charge in [0.15, 0.2) is 0 Å². The number of hydrogen-bond acceptors (Lipinski definition) is 5. The quantitative estimate of drug-likeness (QED) is 0.619. The summed E-state index contributed by atoms with van der Waals surface area (Å²) in [5.74, 6) is 1.74. The molecule has 0 bridgehead atoms. The Morgan fingerprint density at radius 2 is 1.72 bits per heavy atom. The lowest BCUT2D eigenvalue weighted by Gasteiger charge is -2.10. The molecule has 0 aliphatic rings. The minimum absolute atomic E-state index is 0.296. The minimum atomic E-state index is -0.296. The van der Waals surface area contributed by atoms with Crippen LogP contribution in [0.15, 0.2) is 47.6 Å². The van der Waals surface area contributed by atoms with Crippen molar-refractivity contribution < 1.29 is 19.0 Å². The molecule has 0 radical (unpaired) electrons. The fraction of sp³-hybridized carbons (Fsp3) is 0.263. The van der Waals surface area contributed by atoms with Crippen molar-refractivity contribution in [3.63, 3.8) is 0 Å².